The quantitative estimate of drug-likeness (QED) is 0.669. The van der Waals surface area contributed by atoms with Crippen molar-refractivity contribution in [1.82, 2.24) is 5.32 Å². The molecule has 0 rings (SSSR count). The van der Waals surface area contributed by atoms with E-state index >= 15 is 0 Å². The van der Waals surface area contributed by atoms with Gasteiger partial charge >= 0.3 is 0 Å². The number of nitrogens with one attached hydrogen (secondary N) is 1. The van der Waals surface area contributed by atoms with Crippen LogP contribution in [0, 0.1) is 5.41 Å². The summed E-state index contributed by atoms with van der Waals surface area (Å²) in [5, 5.41) is 2.92. The molecule has 0 aliphatic carbocycles. The maximum absolute atomic E-state index is 11.5. The number of allylic oxidation sites excluding steroid dienone is 1. The van der Waals surface area contributed by atoms with Crippen molar-refractivity contribution < 1.29 is 4.79 Å². The zero-order chi connectivity index (χ0) is 10.7. The average molecular weight is 183 g/mol. The second kappa shape index (κ2) is 3.95. The zero-order valence-electron chi connectivity index (χ0n) is 9.40. The van der Waals surface area contributed by atoms with Crippen molar-refractivity contribution in [2.75, 3.05) is 0 Å². The van der Waals surface area contributed by atoms with Crippen molar-refractivity contribution in [3.8, 4) is 0 Å². The Morgan fingerprint density at radius 3 is 2.08 bits per heavy atom. The molecule has 0 heterocycles. The molecule has 0 spiro atoms. The molecule has 0 atom stereocenters. The number of carbonyl (C=O) groups is 1. The maximum Gasteiger partial charge on any atom is 0.221 e. The van der Waals surface area contributed by atoms with Crippen molar-refractivity contribution in [2.24, 2.45) is 5.41 Å². The van der Waals surface area contributed by atoms with Crippen LogP contribution in [0.4, 0.5) is 0 Å². The Labute approximate surface area is 81.4 Å². The molecule has 0 saturated carbocycles. The average Bonchev–Trinajstić information content (AvgIpc) is 1.81. The van der Waals surface area contributed by atoms with E-state index < -0.39 is 0 Å². The van der Waals surface area contributed by atoms with E-state index in [0.29, 0.717) is 6.42 Å². The molecule has 2 nitrogen and oxygen atoms in total. The topological polar surface area (TPSA) is 29.1 Å². The summed E-state index contributed by atoms with van der Waals surface area (Å²) in [6.07, 6.45) is 2.31. The smallest absolute Gasteiger partial charge is 0.221 e. The lowest BCUT2D eigenvalue weighted by Gasteiger charge is -2.24. The Morgan fingerprint density at radius 1 is 1.31 bits per heavy atom. The third-order valence-corrected chi connectivity index (χ3v) is 1.68. The number of amides is 1. The summed E-state index contributed by atoms with van der Waals surface area (Å²) in [7, 11) is 0. The van der Waals surface area contributed by atoms with Gasteiger partial charge in [0.1, 0.15) is 0 Å². The van der Waals surface area contributed by atoms with Gasteiger partial charge in [0.2, 0.25) is 5.91 Å². The van der Waals surface area contributed by atoms with Crippen LogP contribution in [0.2, 0.25) is 0 Å². The normalized spacial score (nSPS) is 12.4. The third-order valence-electron chi connectivity index (χ3n) is 1.68. The van der Waals surface area contributed by atoms with E-state index in [2.05, 4.69) is 11.9 Å². The van der Waals surface area contributed by atoms with Crippen LogP contribution in [0.3, 0.4) is 0 Å². The van der Waals surface area contributed by atoms with Crippen LogP contribution in [0.25, 0.3) is 0 Å². The summed E-state index contributed by atoms with van der Waals surface area (Å²) >= 11 is 0. The molecule has 0 aromatic heterocycles. The lowest BCUT2D eigenvalue weighted by molar-refractivity contribution is -0.123. The Morgan fingerprint density at radius 2 is 1.77 bits per heavy atom. The highest BCUT2D eigenvalue weighted by molar-refractivity contribution is 5.77. The third kappa shape index (κ3) is 6.38. The van der Waals surface area contributed by atoms with Crippen molar-refractivity contribution in [1.29, 1.82) is 0 Å². The Kier molecular flexibility index (Phi) is 3.71. The summed E-state index contributed by atoms with van der Waals surface area (Å²) in [6.45, 7) is 13.6. The molecular weight excluding hydrogens is 162 g/mol. The van der Waals surface area contributed by atoms with Gasteiger partial charge in [0.25, 0.3) is 0 Å². The second-order valence-electron chi connectivity index (χ2n) is 5.17. The molecule has 0 fully saturated rings. The first-order valence-corrected chi connectivity index (χ1v) is 4.61. The van der Waals surface area contributed by atoms with Crippen molar-refractivity contribution in [2.45, 2.75) is 46.6 Å². The number of hydrogen-bond acceptors (Lipinski definition) is 1. The van der Waals surface area contributed by atoms with E-state index in [9.17, 15) is 4.79 Å². The maximum atomic E-state index is 11.5. The van der Waals surface area contributed by atoms with Crippen LogP contribution in [0.15, 0.2) is 12.7 Å². The molecule has 0 saturated heterocycles. The molecule has 1 amide bonds. The molecule has 0 aromatic carbocycles. The Balaban J connectivity index is 4.10. The van der Waals surface area contributed by atoms with Crippen molar-refractivity contribution in [3.05, 3.63) is 12.7 Å². The molecule has 0 unspecified atom stereocenters. The van der Waals surface area contributed by atoms with Crippen LogP contribution in [-0.4, -0.2) is 11.4 Å². The van der Waals surface area contributed by atoms with Crippen LogP contribution in [0.1, 0.15) is 41.0 Å². The van der Waals surface area contributed by atoms with E-state index in [1.807, 2.05) is 40.7 Å². The molecule has 76 valence electrons. The molecule has 0 aliphatic rings. The van der Waals surface area contributed by atoms with Gasteiger partial charge in [-0.05, 0) is 26.2 Å². The molecule has 0 aliphatic heterocycles. The summed E-state index contributed by atoms with van der Waals surface area (Å²) in [4.78, 5) is 11.5. The summed E-state index contributed by atoms with van der Waals surface area (Å²) in [6, 6.07) is 0. The monoisotopic (exact) mass is 183 g/mol. The minimum atomic E-state index is -0.145. The first kappa shape index (κ1) is 12.2. The lowest BCUT2D eigenvalue weighted by Crippen LogP contribution is -2.42. The lowest BCUT2D eigenvalue weighted by atomic mass is 9.89. The number of hydrogen-bond donors (Lipinski definition) is 1. The molecule has 1 N–H and O–H groups in total. The fourth-order valence-electron chi connectivity index (χ4n) is 0.948. The van der Waals surface area contributed by atoms with Gasteiger partial charge in [-0.3, -0.25) is 4.79 Å². The predicted molar refractivity (Wildman–Crippen MR) is 56.5 cm³/mol. The largest absolute Gasteiger partial charge is 0.351 e. The number of carbonyl (C=O) groups excluding carboxylic acids is 1. The highest BCUT2D eigenvalue weighted by Gasteiger charge is 2.21. The fraction of sp³-hybridized carbons (Fsp3) is 0.727. The van der Waals surface area contributed by atoms with Gasteiger partial charge in [0, 0.05) is 12.0 Å². The van der Waals surface area contributed by atoms with Gasteiger partial charge in [-0.1, -0.05) is 19.9 Å². The highest BCUT2D eigenvalue weighted by atomic mass is 16.1. The Bertz CT molecular complexity index is 199. The van der Waals surface area contributed by atoms with E-state index in [1.165, 1.54) is 0 Å². The van der Waals surface area contributed by atoms with Crippen LogP contribution in [-0.2, 0) is 4.79 Å². The summed E-state index contributed by atoms with van der Waals surface area (Å²) in [5.41, 5.74) is -0.260. The van der Waals surface area contributed by atoms with Crippen LogP contribution < -0.4 is 5.32 Å². The molecular formula is C11H21NO. The molecule has 0 radical (unpaired) electrons. The van der Waals surface area contributed by atoms with Crippen molar-refractivity contribution in [3.63, 3.8) is 0 Å². The molecule has 0 aromatic rings. The predicted octanol–water partition coefficient (Wildman–Crippen LogP) is 2.50. The molecule has 13 heavy (non-hydrogen) atoms. The van der Waals surface area contributed by atoms with E-state index in [1.54, 1.807) is 0 Å². The fourth-order valence-corrected chi connectivity index (χ4v) is 0.948. The highest BCUT2D eigenvalue weighted by Crippen LogP contribution is 2.21. The van der Waals surface area contributed by atoms with Gasteiger partial charge in [0.15, 0.2) is 0 Å². The van der Waals surface area contributed by atoms with Gasteiger partial charge in [-0.15, -0.1) is 6.58 Å². The van der Waals surface area contributed by atoms with Gasteiger partial charge < -0.3 is 5.32 Å². The SMILES string of the molecule is C=CC(C)(C)CC(=O)NC(C)(C)C. The van der Waals surface area contributed by atoms with E-state index in [0.717, 1.165) is 0 Å². The first-order chi connectivity index (χ1) is 5.66. The van der Waals surface area contributed by atoms with E-state index in [4.69, 9.17) is 0 Å². The summed E-state index contributed by atoms with van der Waals surface area (Å²) in [5.74, 6) is 0.0809. The first-order valence-electron chi connectivity index (χ1n) is 4.61. The van der Waals surface area contributed by atoms with Gasteiger partial charge in [-0.25, -0.2) is 0 Å². The Hall–Kier alpha value is -0.790. The standard InChI is InChI=1S/C11H21NO/c1-7-11(5,6)8-9(13)12-10(2,3)4/h7H,1,8H2,2-6H3,(H,12,13). The zero-order valence-corrected chi connectivity index (χ0v) is 9.40. The van der Waals surface area contributed by atoms with Gasteiger partial charge in [0.05, 0.1) is 0 Å². The van der Waals surface area contributed by atoms with Gasteiger partial charge in [-0.2, -0.15) is 0 Å². The van der Waals surface area contributed by atoms with Crippen LogP contribution in [0.5, 0.6) is 0 Å². The molecule has 2 heteroatoms. The van der Waals surface area contributed by atoms with Crippen LogP contribution >= 0.6 is 0 Å². The van der Waals surface area contributed by atoms with Crippen molar-refractivity contribution >= 4 is 5.91 Å². The van der Waals surface area contributed by atoms with E-state index in [-0.39, 0.29) is 16.9 Å². The summed E-state index contributed by atoms with van der Waals surface area (Å²) < 4.78 is 0. The second-order valence-corrected chi connectivity index (χ2v) is 5.17. The number of rotatable bonds is 3. The molecule has 0 bridgehead atoms. The minimum absolute atomic E-state index is 0.0809. The minimum Gasteiger partial charge on any atom is -0.351 e.